The molecule has 18 heavy (non-hydrogen) atoms. The molecule has 2 aliphatic rings. The number of rotatable bonds is 5. The van der Waals surface area contributed by atoms with Gasteiger partial charge in [0.25, 0.3) is 0 Å². The van der Waals surface area contributed by atoms with Crippen molar-refractivity contribution in [2.75, 3.05) is 13.2 Å². The largest absolute Gasteiger partial charge is 0.480 e. The van der Waals surface area contributed by atoms with Crippen LogP contribution < -0.4 is 0 Å². The maximum atomic E-state index is 11.4. The van der Waals surface area contributed by atoms with Gasteiger partial charge >= 0.3 is 5.97 Å². The minimum atomic E-state index is -0.658. The summed E-state index contributed by atoms with van der Waals surface area (Å²) in [7, 11) is 0. The third-order valence-electron chi connectivity index (χ3n) is 4.31. The summed E-state index contributed by atoms with van der Waals surface area (Å²) in [6.45, 7) is 5.44. The van der Waals surface area contributed by atoms with Crippen LogP contribution in [0, 0.1) is 5.92 Å². The summed E-state index contributed by atoms with van der Waals surface area (Å²) in [5, 5.41) is 9.36. The van der Waals surface area contributed by atoms with E-state index in [2.05, 4.69) is 4.90 Å². The summed E-state index contributed by atoms with van der Waals surface area (Å²) in [6, 6.07) is 0.199. The van der Waals surface area contributed by atoms with Gasteiger partial charge in [-0.05, 0) is 39.0 Å². The minimum absolute atomic E-state index is 0.220. The van der Waals surface area contributed by atoms with Crippen molar-refractivity contribution in [2.24, 2.45) is 5.92 Å². The quantitative estimate of drug-likeness (QED) is 0.817. The molecule has 1 saturated heterocycles. The average Bonchev–Trinajstić information content (AvgIpc) is 2.68. The highest BCUT2D eigenvalue weighted by molar-refractivity contribution is 5.74. The van der Waals surface area contributed by atoms with E-state index in [0.717, 1.165) is 19.4 Å². The van der Waals surface area contributed by atoms with Crippen molar-refractivity contribution < 1.29 is 14.6 Å². The van der Waals surface area contributed by atoms with Crippen LogP contribution in [-0.2, 0) is 9.53 Å². The van der Waals surface area contributed by atoms with Crippen LogP contribution in [0.4, 0.5) is 0 Å². The Morgan fingerprint density at radius 3 is 2.78 bits per heavy atom. The summed E-state index contributed by atoms with van der Waals surface area (Å²) in [5.41, 5.74) is 0. The first-order valence-corrected chi connectivity index (χ1v) is 7.19. The second kappa shape index (κ2) is 6.02. The van der Waals surface area contributed by atoms with E-state index in [9.17, 15) is 9.90 Å². The third-order valence-corrected chi connectivity index (χ3v) is 4.31. The molecule has 1 aliphatic carbocycles. The summed E-state index contributed by atoms with van der Waals surface area (Å²) in [4.78, 5) is 13.6. The van der Waals surface area contributed by atoms with E-state index < -0.39 is 5.97 Å². The Morgan fingerprint density at radius 1 is 1.39 bits per heavy atom. The van der Waals surface area contributed by atoms with E-state index in [-0.39, 0.29) is 12.1 Å². The van der Waals surface area contributed by atoms with E-state index in [1.54, 1.807) is 0 Å². The Kier molecular flexibility index (Phi) is 4.62. The van der Waals surface area contributed by atoms with E-state index in [1.807, 2.05) is 13.8 Å². The molecule has 0 amide bonds. The number of carboxylic acid groups (broad SMARTS) is 1. The number of fused-ring (bicyclic) bond motifs is 1. The van der Waals surface area contributed by atoms with Gasteiger partial charge in [-0.3, -0.25) is 9.69 Å². The van der Waals surface area contributed by atoms with Crippen LogP contribution in [0.2, 0.25) is 0 Å². The number of aliphatic carboxylic acids is 1. The molecule has 2 fully saturated rings. The standard InChI is InChI=1S/C14H25NO3/c1-10(2)18-8-7-15-12-6-4-3-5-11(12)9-13(15)14(16)17/h10-13H,3-9H2,1-2H3,(H,16,17)/t11-,12-,13-/m0/s1. The molecule has 0 spiro atoms. The van der Waals surface area contributed by atoms with Crippen LogP contribution in [0.5, 0.6) is 0 Å². The molecule has 1 N–H and O–H groups in total. The normalized spacial score (nSPS) is 32.7. The average molecular weight is 255 g/mol. The molecule has 104 valence electrons. The molecule has 1 heterocycles. The molecule has 0 aromatic rings. The Morgan fingerprint density at radius 2 is 2.11 bits per heavy atom. The van der Waals surface area contributed by atoms with E-state index >= 15 is 0 Å². The highest BCUT2D eigenvalue weighted by Crippen LogP contribution is 2.39. The van der Waals surface area contributed by atoms with Gasteiger partial charge in [-0.1, -0.05) is 12.8 Å². The lowest BCUT2D eigenvalue weighted by Gasteiger charge is -2.33. The predicted octanol–water partition coefficient (Wildman–Crippen LogP) is 2.13. The highest BCUT2D eigenvalue weighted by Gasteiger charge is 2.44. The number of hydrogen-bond donors (Lipinski definition) is 1. The fraction of sp³-hybridized carbons (Fsp3) is 0.929. The molecule has 0 aromatic heterocycles. The van der Waals surface area contributed by atoms with Gasteiger partial charge in [-0.25, -0.2) is 0 Å². The van der Waals surface area contributed by atoms with E-state index in [1.165, 1.54) is 19.3 Å². The Bertz CT molecular complexity index is 293. The van der Waals surface area contributed by atoms with Crippen molar-refractivity contribution >= 4 is 5.97 Å². The van der Waals surface area contributed by atoms with Crippen molar-refractivity contribution in [3.8, 4) is 0 Å². The van der Waals surface area contributed by atoms with Crippen LogP contribution in [0.15, 0.2) is 0 Å². The number of carbonyl (C=O) groups is 1. The van der Waals surface area contributed by atoms with Crippen LogP contribution in [0.25, 0.3) is 0 Å². The molecule has 0 radical (unpaired) electrons. The first kappa shape index (κ1) is 13.8. The topological polar surface area (TPSA) is 49.8 Å². The fourth-order valence-corrected chi connectivity index (χ4v) is 3.51. The lowest BCUT2D eigenvalue weighted by Crippen LogP contribution is -2.44. The Balaban J connectivity index is 1.95. The third kappa shape index (κ3) is 3.04. The Labute approximate surface area is 109 Å². The zero-order chi connectivity index (χ0) is 13.1. The van der Waals surface area contributed by atoms with Gasteiger partial charge in [0.1, 0.15) is 6.04 Å². The fourth-order valence-electron chi connectivity index (χ4n) is 3.51. The van der Waals surface area contributed by atoms with Gasteiger partial charge in [0.2, 0.25) is 0 Å². The van der Waals surface area contributed by atoms with Crippen molar-refractivity contribution in [1.29, 1.82) is 0 Å². The molecule has 4 heteroatoms. The highest BCUT2D eigenvalue weighted by atomic mass is 16.5. The van der Waals surface area contributed by atoms with Crippen molar-refractivity contribution in [3.05, 3.63) is 0 Å². The van der Waals surface area contributed by atoms with Crippen LogP contribution in [0.3, 0.4) is 0 Å². The van der Waals surface area contributed by atoms with Gasteiger partial charge < -0.3 is 9.84 Å². The number of likely N-dealkylation sites (tertiary alicyclic amines) is 1. The second-order valence-electron chi connectivity index (χ2n) is 5.86. The zero-order valence-electron chi connectivity index (χ0n) is 11.5. The zero-order valence-corrected chi connectivity index (χ0v) is 11.5. The van der Waals surface area contributed by atoms with Gasteiger partial charge in [-0.15, -0.1) is 0 Å². The summed E-state index contributed by atoms with van der Waals surface area (Å²) < 4.78 is 5.58. The second-order valence-corrected chi connectivity index (χ2v) is 5.86. The molecule has 2 rings (SSSR count). The smallest absolute Gasteiger partial charge is 0.320 e. The molecule has 1 aliphatic heterocycles. The van der Waals surface area contributed by atoms with Crippen LogP contribution in [-0.4, -0.2) is 47.3 Å². The van der Waals surface area contributed by atoms with Gasteiger partial charge in [0.05, 0.1) is 12.7 Å². The van der Waals surface area contributed by atoms with E-state index in [0.29, 0.717) is 18.6 Å². The molecule has 0 unspecified atom stereocenters. The number of nitrogens with zero attached hydrogens (tertiary/aromatic N) is 1. The monoisotopic (exact) mass is 255 g/mol. The van der Waals surface area contributed by atoms with Crippen molar-refractivity contribution in [1.82, 2.24) is 4.90 Å². The molecule has 4 nitrogen and oxygen atoms in total. The maximum Gasteiger partial charge on any atom is 0.320 e. The number of ether oxygens (including phenoxy) is 1. The van der Waals surface area contributed by atoms with Crippen LogP contribution in [0.1, 0.15) is 46.0 Å². The van der Waals surface area contributed by atoms with Gasteiger partial charge in [0, 0.05) is 12.6 Å². The van der Waals surface area contributed by atoms with Gasteiger partial charge in [-0.2, -0.15) is 0 Å². The molecular weight excluding hydrogens is 230 g/mol. The molecule has 0 aromatic carbocycles. The van der Waals surface area contributed by atoms with Crippen molar-refractivity contribution in [3.63, 3.8) is 0 Å². The first-order valence-electron chi connectivity index (χ1n) is 7.19. The predicted molar refractivity (Wildman–Crippen MR) is 69.6 cm³/mol. The van der Waals surface area contributed by atoms with E-state index in [4.69, 9.17) is 4.74 Å². The SMILES string of the molecule is CC(C)OCCN1[C@H](C(=O)O)C[C@@H]2CCCC[C@@H]21. The molecule has 3 atom stereocenters. The summed E-state index contributed by atoms with van der Waals surface area (Å²) in [5.74, 6) is -0.0622. The first-order chi connectivity index (χ1) is 8.59. The number of hydrogen-bond acceptors (Lipinski definition) is 3. The molecular formula is C14H25NO3. The van der Waals surface area contributed by atoms with Crippen molar-refractivity contribution in [2.45, 2.75) is 64.1 Å². The Hall–Kier alpha value is -0.610. The van der Waals surface area contributed by atoms with Crippen LogP contribution >= 0.6 is 0 Å². The maximum absolute atomic E-state index is 11.4. The lowest BCUT2D eigenvalue weighted by molar-refractivity contribution is -0.143. The minimum Gasteiger partial charge on any atom is -0.480 e. The lowest BCUT2D eigenvalue weighted by atomic mass is 9.85. The van der Waals surface area contributed by atoms with Gasteiger partial charge in [0.15, 0.2) is 0 Å². The molecule has 0 bridgehead atoms. The molecule has 1 saturated carbocycles. The summed E-state index contributed by atoms with van der Waals surface area (Å²) in [6.07, 6.45) is 5.94. The summed E-state index contributed by atoms with van der Waals surface area (Å²) >= 11 is 0. The number of carboxylic acids is 1.